The fourth-order valence-electron chi connectivity index (χ4n) is 3.56. The van der Waals surface area contributed by atoms with E-state index in [2.05, 4.69) is 4.98 Å². The van der Waals surface area contributed by atoms with Crippen molar-refractivity contribution in [3.05, 3.63) is 65.0 Å². The van der Waals surface area contributed by atoms with Gasteiger partial charge in [-0.1, -0.05) is 0 Å². The first-order chi connectivity index (χ1) is 13.8. The molecule has 0 radical (unpaired) electrons. The highest BCUT2D eigenvalue weighted by molar-refractivity contribution is 6.46. The van der Waals surface area contributed by atoms with Crippen molar-refractivity contribution in [2.75, 3.05) is 34.3 Å². The molecule has 1 saturated heterocycles. The number of H-pyrrole nitrogens is 1. The predicted molar refractivity (Wildman–Crippen MR) is 107 cm³/mol. The minimum atomic E-state index is -0.668. The summed E-state index contributed by atoms with van der Waals surface area (Å²) in [6, 6.07) is 8.18. The summed E-state index contributed by atoms with van der Waals surface area (Å²) >= 11 is 0. The number of Topliss-reactive ketones (excluding diaryl/α,β-unsaturated/α-hetero) is 1. The fourth-order valence-corrected chi connectivity index (χ4v) is 3.56. The summed E-state index contributed by atoms with van der Waals surface area (Å²) in [5, 5.41) is 11.0. The minimum absolute atomic E-state index is 0.105. The third-order valence-corrected chi connectivity index (χ3v) is 5.11. The molecule has 3 N–H and O–H groups in total. The van der Waals surface area contributed by atoms with Gasteiger partial charge in [0.25, 0.3) is 11.7 Å². The molecule has 0 spiro atoms. The first kappa shape index (κ1) is 20.5. The Bertz CT molecular complexity index is 954. The molecule has 1 atom stereocenters. The molecule has 0 aliphatic carbocycles. The van der Waals surface area contributed by atoms with E-state index in [0.29, 0.717) is 24.4 Å². The molecule has 0 saturated carbocycles. The van der Waals surface area contributed by atoms with E-state index in [1.165, 1.54) is 0 Å². The van der Waals surface area contributed by atoms with Crippen LogP contribution in [0.15, 0.2) is 48.3 Å². The van der Waals surface area contributed by atoms with Crippen molar-refractivity contribution in [2.45, 2.75) is 13.0 Å². The average molecular weight is 397 g/mol. The van der Waals surface area contributed by atoms with Crippen LogP contribution in [0.1, 0.15) is 22.7 Å². The van der Waals surface area contributed by atoms with Gasteiger partial charge in [0.05, 0.1) is 45.9 Å². The fraction of sp³-hybridized carbons (Fsp3) is 0.318. The van der Waals surface area contributed by atoms with E-state index >= 15 is 0 Å². The van der Waals surface area contributed by atoms with E-state index < -0.39 is 17.7 Å². The van der Waals surface area contributed by atoms with Crippen LogP contribution in [-0.4, -0.2) is 56.0 Å². The second-order valence-electron chi connectivity index (χ2n) is 7.47. The maximum absolute atomic E-state index is 12.9. The van der Waals surface area contributed by atoms with Gasteiger partial charge in [-0.05, 0) is 36.8 Å². The van der Waals surface area contributed by atoms with Crippen molar-refractivity contribution in [2.24, 2.45) is 0 Å². The van der Waals surface area contributed by atoms with Crippen LogP contribution < -0.4 is 14.6 Å². The summed E-state index contributed by atoms with van der Waals surface area (Å²) in [6.07, 6.45) is 3.51. The number of benzene rings is 1. The van der Waals surface area contributed by atoms with E-state index in [-0.39, 0.29) is 11.3 Å². The first-order valence-electron chi connectivity index (χ1n) is 9.53. The van der Waals surface area contributed by atoms with Crippen LogP contribution in [0.5, 0.6) is 5.75 Å². The highest BCUT2D eigenvalue weighted by atomic mass is 16.5. The van der Waals surface area contributed by atoms with Gasteiger partial charge in [0.2, 0.25) is 0 Å². The number of ketones is 1. The van der Waals surface area contributed by atoms with Gasteiger partial charge in [0.1, 0.15) is 11.5 Å². The first-order valence-corrected chi connectivity index (χ1v) is 9.53. The third kappa shape index (κ3) is 4.00. The number of carbonyl (C=O) groups is 2. The molecule has 1 fully saturated rings. The Hall–Kier alpha value is -3.19. The minimum Gasteiger partial charge on any atom is -0.507 e. The summed E-state index contributed by atoms with van der Waals surface area (Å²) in [5.74, 6) is -0.752. The second kappa shape index (κ2) is 8.45. The number of amides is 1. The smallest absolute Gasteiger partial charge is 0.295 e. The molecule has 1 aliphatic heterocycles. The van der Waals surface area contributed by atoms with E-state index in [4.69, 9.17) is 4.74 Å². The quantitative estimate of drug-likeness (QED) is 0.419. The maximum atomic E-state index is 12.9. The molecular weight excluding hydrogens is 370 g/mol. The van der Waals surface area contributed by atoms with E-state index in [0.717, 1.165) is 16.0 Å². The summed E-state index contributed by atoms with van der Waals surface area (Å²) in [6.45, 7) is 2.95. The van der Waals surface area contributed by atoms with Crippen LogP contribution >= 0.6 is 0 Å². The van der Waals surface area contributed by atoms with Gasteiger partial charge in [-0.3, -0.25) is 9.59 Å². The number of likely N-dealkylation sites (tertiary alicyclic amines) is 1. The molecule has 7 heteroatoms. The number of nitrogens with zero attached hydrogens (tertiary/aromatic N) is 1. The van der Waals surface area contributed by atoms with Crippen molar-refractivity contribution in [1.82, 2.24) is 4.90 Å². The lowest BCUT2D eigenvalue weighted by Gasteiger charge is -2.24. The number of pyridine rings is 1. The number of quaternary nitrogens is 1. The SMILES string of the molecule is COc1ccc(C(O)=C2C(=O)C(=O)N(CC[NH+](C)C)C2c2ccc[nH+]c2)cc1C. The monoisotopic (exact) mass is 397 g/mol. The Morgan fingerprint density at radius 2 is 2.03 bits per heavy atom. The van der Waals surface area contributed by atoms with E-state index in [1.54, 1.807) is 42.6 Å². The molecular formula is C22H27N3O4+2. The molecule has 29 heavy (non-hydrogen) atoms. The molecule has 1 aliphatic rings. The normalized spacial score (nSPS) is 18.5. The number of aliphatic hydroxyl groups excluding tert-OH is 1. The summed E-state index contributed by atoms with van der Waals surface area (Å²) < 4.78 is 5.27. The number of aromatic nitrogens is 1. The molecule has 1 aromatic carbocycles. The zero-order valence-electron chi connectivity index (χ0n) is 17.2. The Labute approximate surface area is 170 Å². The number of aryl methyl sites for hydroxylation is 1. The van der Waals surface area contributed by atoms with E-state index in [1.807, 2.05) is 33.2 Å². The Morgan fingerprint density at radius 3 is 2.62 bits per heavy atom. The van der Waals surface area contributed by atoms with Crippen LogP contribution in [0.3, 0.4) is 0 Å². The molecule has 0 bridgehead atoms. The number of aliphatic hydroxyl groups is 1. The lowest BCUT2D eigenvalue weighted by molar-refractivity contribution is -0.857. The van der Waals surface area contributed by atoms with Crippen molar-refractivity contribution >= 4 is 17.4 Å². The highest BCUT2D eigenvalue weighted by Crippen LogP contribution is 2.39. The molecule has 2 heterocycles. The Morgan fingerprint density at radius 1 is 1.28 bits per heavy atom. The van der Waals surface area contributed by atoms with Crippen LogP contribution in [0.2, 0.25) is 0 Å². The molecule has 152 valence electrons. The number of rotatable bonds is 6. The van der Waals surface area contributed by atoms with Crippen molar-refractivity contribution < 1.29 is 29.3 Å². The molecule has 2 aromatic rings. The van der Waals surface area contributed by atoms with Crippen molar-refractivity contribution in [3.63, 3.8) is 0 Å². The number of likely N-dealkylation sites (N-methyl/N-ethyl adjacent to an activating group) is 1. The molecule has 1 amide bonds. The van der Waals surface area contributed by atoms with Gasteiger partial charge >= 0.3 is 0 Å². The predicted octanol–water partition coefficient (Wildman–Crippen LogP) is 0.384. The zero-order chi connectivity index (χ0) is 21.1. The lowest BCUT2D eigenvalue weighted by Crippen LogP contribution is -3.06. The summed E-state index contributed by atoms with van der Waals surface area (Å²) in [5.41, 5.74) is 2.15. The van der Waals surface area contributed by atoms with Crippen LogP contribution in [-0.2, 0) is 9.59 Å². The largest absolute Gasteiger partial charge is 0.507 e. The van der Waals surface area contributed by atoms with Crippen molar-refractivity contribution in [3.8, 4) is 5.75 Å². The number of aromatic amines is 1. The summed E-state index contributed by atoms with van der Waals surface area (Å²) in [7, 11) is 5.55. The van der Waals surface area contributed by atoms with Gasteiger partial charge in [-0.2, -0.15) is 0 Å². The van der Waals surface area contributed by atoms with Crippen LogP contribution in [0.4, 0.5) is 0 Å². The van der Waals surface area contributed by atoms with Crippen LogP contribution in [0.25, 0.3) is 5.76 Å². The van der Waals surface area contributed by atoms with E-state index in [9.17, 15) is 14.7 Å². The van der Waals surface area contributed by atoms with Crippen LogP contribution in [0, 0.1) is 6.92 Å². The zero-order valence-corrected chi connectivity index (χ0v) is 17.2. The Balaban J connectivity index is 2.13. The standard InChI is InChI=1S/C22H25N3O4/c1-14-12-15(7-8-17(14)29-4)20(26)18-19(16-6-5-9-23-13-16)25(11-10-24(2)3)22(28)21(18)27/h5-9,12-13,19,26H,10-11H2,1-4H3/p+2. The molecule has 7 nitrogen and oxygen atoms in total. The maximum Gasteiger partial charge on any atom is 0.295 e. The lowest BCUT2D eigenvalue weighted by atomic mass is 9.95. The average Bonchev–Trinajstić information content (AvgIpc) is 2.97. The van der Waals surface area contributed by atoms with Gasteiger partial charge in [0, 0.05) is 17.2 Å². The topological polar surface area (TPSA) is 85.4 Å². The van der Waals surface area contributed by atoms with Gasteiger partial charge in [-0.25, -0.2) is 4.98 Å². The molecule has 1 unspecified atom stereocenters. The Kier molecular flexibility index (Phi) is 5.98. The molecule has 1 aromatic heterocycles. The third-order valence-electron chi connectivity index (χ3n) is 5.11. The number of hydrogen-bond acceptors (Lipinski definition) is 4. The number of nitrogens with one attached hydrogen (secondary N) is 2. The highest BCUT2D eigenvalue weighted by Gasteiger charge is 2.46. The number of ether oxygens (including phenoxy) is 1. The number of methoxy groups -OCH3 is 1. The second-order valence-corrected chi connectivity index (χ2v) is 7.47. The number of carbonyl (C=O) groups excluding carboxylic acids is 2. The number of hydrogen-bond donors (Lipinski definition) is 2. The summed E-state index contributed by atoms with van der Waals surface area (Å²) in [4.78, 5) is 31.4. The van der Waals surface area contributed by atoms with Gasteiger partial charge < -0.3 is 19.6 Å². The van der Waals surface area contributed by atoms with Crippen molar-refractivity contribution in [1.29, 1.82) is 0 Å². The van der Waals surface area contributed by atoms with Gasteiger partial charge in [-0.15, -0.1) is 0 Å². The van der Waals surface area contributed by atoms with Gasteiger partial charge in [0.15, 0.2) is 12.4 Å². The molecule has 3 rings (SSSR count).